The van der Waals surface area contributed by atoms with Gasteiger partial charge in [-0.1, -0.05) is 74.5 Å². The number of rotatable bonds is 14. The van der Waals surface area contributed by atoms with Gasteiger partial charge in [-0.15, -0.1) is 0 Å². The Balaban J connectivity index is 1.32. The Morgan fingerprint density at radius 2 is 1.12 bits per heavy atom. The van der Waals surface area contributed by atoms with Crippen LogP contribution in [0.15, 0.2) is 144 Å². The quantitative estimate of drug-likeness (QED) is 0.0652. The van der Waals surface area contributed by atoms with Crippen LogP contribution in [0, 0.1) is 33.6 Å². The number of aryl methyl sites for hydroxylation is 4. The van der Waals surface area contributed by atoms with Crippen molar-refractivity contribution in [2.45, 2.75) is 65.3 Å². The van der Waals surface area contributed by atoms with Crippen LogP contribution < -0.4 is 20.7 Å². The maximum Gasteiger partial charge on any atom is 0.240 e. The minimum Gasteiger partial charge on any atom is -0.380 e. The van der Waals surface area contributed by atoms with Gasteiger partial charge in [0, 0.05) is 40.1 Å². The molecule has 1 atom stereocenters. The Morgan fingerprint density at radius 3 is 1.60 bits per heavy atom. The van der Waals surface area contributed by atoms with Gasteiger partial charge < -0.3 is 16.0 Å². The van der Waals surface area contributed by atoms with E-state index in [4.69, 9.17) is 0 Å². The average molecular weight is 786 g/mol. The van der Waals surface area contributed by atoms with E-state index in [0.29, 0.717) is 12.5 Å². The number of hydrogen-bond donors (Lipinski definition) is 4. The number of para-hydroxylation sites is 2. The molecule has 0 radical (unpaired) electrons. The topological polar surface area (TPSA) is 82.3 Å². The fraction of sp³-hybridized carbons (Fsp3) is 0.196. The molecule has 7 rings (SSSR count). The lowest BCUT2D eigenvalue weighted by atomic mass is 9.82. The highest BCUT2D eigenvalue weighted by Crippen LogP contribution is 2.40. The van der Waals surface area contributed by atoms with Crippen molar-refractivity contribution in [3.63, 3.8) is 0 Å². The highest BCUT2D eigenvalue weighted by atomic mass is 32.2. The van der Waals surface area contributed by atoms with Crippen LogP contribution in [0.3, 0.4) is 0 Å². The first-order valence-electron chi connectivity index (χ1n) is 20.0. The van der Waals surface area contributed by atoms with E-state index in [9.17, 15) is 8.42 Å². The average Bonchev–Trinajstić information content (AvgIpc) is 3.24. The van der Waals surface area contributed by atoms with Gasteiger partial charge in [-0.25, -0.2) is 13.1 Å². The molecular weight excluding hydrogens is 733 g/mol. The molecule has 0 saturated carbocycles. The Hall–Kier alpha value is -6.02. The molecule has 0 fully saturated rings. The first-order valence-corrected chi connectivity index (χ1v) is 21.5. The van der Waals surface area contributed by atoms with Gasteiger partial charge >= 0.3 is 0 Å². The summed E-state index contributed by atoms with van der Waals surface area (Å²) >= 11 is 0. The normalized spacial score (nSPS) is 12.0. The molecule has 0 spiro atoms. The Morgan fingerprint density at radius 1 is 0.603 bits per heavy atom. The summed E-state index contributed by atoms with van der Waals surface area (Å²) in [6.45, 7) is 13.6. The molecule has 6 nitrogen and oxygen atoms in total. The zero-order valence-electron chi connectivity index (χ0n) is 34.5. The van der Waals surface area contributed by atoms with Gasteiger partial charge in [-0.2, -0.15) is 0 Å². The monoisotopic (exact) mass is 785 g/mol. The largest absolute Gasteiger partial charge is 0.380 e. The summed E-state index contributed by atoms with van der Waals surface area (Å²) in [4.78, 5) is 0.210. The molecule has 0 bridgehead atoms. The van der Waals surface area contributed by atoms with Gasteiger partial charge in [0.05, 0.1) is 33.2 Å². The molecule has 7 aromatic carbocycles. The molecule has 0 heterocycles. The molecular formula is C51H53N4O2S+. The predicted molar refractivity (Wildman–Crippen MR) is 244 cm³/mol. The highest BCUT2D eigenvalue weighted by Gasteiger charge is 2.27. The van der Waals surface area contributed by atoms with Gasteiger partial charge in [0.1, 0.15) is 0 Å². The summed E-state index contributed by atoms with van der Waals surface area (Å²) in [7, 11) is -2.28. The van der Waals surface area contributed by atoms with Crippen LogP contribution >= 0.6 is 0 Å². The van der Waals surface area contributed by atoms with E-state index in [2.05, 4.69) is 184 Å². The summed E-state index contributed by atoms with van der Waals surface area (Å²) < 4.78 is 29.1. The molecule has 4 N–H and O–H groups in total. The second-order valence-corrected chi connectivity index (χ2v) is 17.2. The zero-order chi connectivity index (χ0) is 41.0. The van der Waals surface area contributed by atoms with Crippen LogP contribution in [0.1, 0.15) is 76.3 Å². The van der Waals surface area contributed by atoms with Crippen LogP contribution in [0.25, 0.3) is 10.8 Å². The van der Waals surface area contributed by atoms with Gasteiger partial charge in [-0.3, -0.25) is 0 Å². The summed E-state index contributed by atoms with van der Waals surface area (Å²) in [5, 5.41) is 12.7. The van der Waals surface area contributed by atoms with Crippen molar-refractivity contribution in [2.24, 2.45) is 0 Å². The van der Waals surface area contributed by atoms with E-state index in [1.54, 1.807) is 12.1 Å². The lowest BCUT2D eigenvalue weighted by Gasteiger charge is -2.19. The molecule has 0 amide bonds. The maximum absolute atomic E-state index is 13.3. The number of benzene rings is 7. The zero-order valence-corrected chi connectivity index (χ0v) is 35.3. The summed E-state index contributed by atoms with van der Waals surface area (Å²) in [6, 6.07) is 48.1. The number of hydrogen-bond acceptors (Lipinski definition) is 5. The van der Waals surface area contributed by atoms with Crippen LogP contribution in [-0.2, 0) is 16.6 Å². The molecule has 0 aliphatic rings. The fourth-order valence-corrected chi connectivity index (χ4v) is 8.37. The molecule has 0 aliphatic heterocycles. The molecule has 1 unspecified atom stereocenters. The van der Waals surface area contributed by atoms with E-state index >= 15 is 0 Å². The van der Waals surface area contributed by atoms with Crippen molar-refractivity contribution in [3.8, 4) is 0 Å². The van der Waals surface area contributed by atoms with Gasteiger partial charge in [0.25, 0.3) is 0 Å². The minimum absolute atomic E-state index is 0.210. The van der Waals surface area contributed by atoms with Crippen LogP contribution in [0.2, 0.25) is 0 Å². The van der Waals surface area contributed by atoms with Crippen molar-refractivity contribution in [3.05, 3.63) is 196 Å². The lowest BCUT2D eigenvalue weighted by molar-refractivity contribution is 0.588. The van der Waals surface area contributed by atoms with E-state index in [1.165, 1.54) is 40.4 Å². The molecule has 7 heteroatoms. The molecule has 0 aliphatic carbocycles. The standard InChI is InChI=1S/C51H53N4O2S/c1-8-33(2)39-17-15-38(16-18-39)32-53-48-30-29-46(47-31-44(27-28-45(47)48)58(56,57)52-7)49(40-19-23-42(24-20-40)54-50-34(3)11-9-12-35(50)4)41-21-25-43(26-22-41)55-51-36(5)13-10-14-37(51)6/h9-31,33,52-55H,8,32H2,1-7H3/q+1. The first-order chi connectivity index (χ1) is 27.9. The number of fused-ring (bicyclic) bond motifs is 1. The summed E-state index contributed by atoms with van der Waals surface area (Å²) in [5.74, 6) is 1.51. The fourth-order valence-electron chi connectivity index (χ4n) is 7.61. The van der Waals surface area contributed by atoms with Crippen LogP contribution in [0.5, 0.6) is 0 Å². The van der Waals surface area contributed by atoms with E-state index in [-0.39, 0.29) is 4.90 Å². The Bertz CT molecular complexity index is 2520. The van der Waals surface area contributed by atoms with Crippen LogP contribution in [0.4, 0.5) is 28.4 Å². The molecule has 294 valence electrons. The second-order valence-electron chi connectivity index (χ2n) is 15.3. The second kappa shape index (κ2) is 17.2. The number of nitrogens with one attached hydrogen (secondary N) is 4. The Kier molecular flexibility index (Phi) is 11.9. The summed E-state index contributed by atoms with van der Waals surface area (Å²) in [6.07, 6.45) is 1.10. The van der Waals surface area contributed by atoms with E-state index in [0.717, 1.165) is 68.2 Å². The minimum atomic E-state index is -3.72. The SMILES string of the molecule is CCC(C)c1ccc(CNc2ccc([C+](c3ccc(Nc4c(C)cccc4C)cc3)c3ccc(Nc4c(C)cccc4C)cc3)c3cc(S(=O)(=O)NC)ccc23)cc1. The third-order valence-corrected chi connectivity index (χ3v) is 12.7. The van der Waals surface area contributed by atoms with Crippen molar-refractivity contribution in [2.75, 3.05) is 23.0 Å². The lowest BCUT2D eigenvalue weighted by Crippen LogP contribution is -2.18. The molecule has 0 aromatic heterocycles. The van der Waals surface area contributed by atoms with Gasteiger partial charge in [-0.05, 0) is 159 Å². The predicted octanol–water partition coefficient (Wildman–Crippen LogP) is 12.6. The number of anilines is 5. The van der Waals surface area contributed by atoms with Gasteiger partial charge in [0.15, 0.2) is 0 Å². The highest BCUT2D eigenvalue weighted by molar-refractivity contribution is 7.89. The molecule has 7 aromatic rings. The van der Waals surface area contributed by atoms with E-state index in [1.807, 2.05) is 6.07 Å². The molecule has 58 heavy (non-hydrogen) atoms. The first kappa shape index (κ1) is 40.2. The third-order valence-electron chi connectivity index (χ3n) is 11.3. The Labute approximate surface area is 344 Å². The van der Waals surface area contributed by atoms with Crippen molar-refractivity contribution in [1.82, 2.24) is 4.72 Å². The van der Waals surface area contributed by atoms with E-state index < -0.39 is 10.0 Å². The molecule has 0 saturated heterocycles. The van der Waals surface area contributed by atoms with Crippen molar-refractivity contribution >= 4 is 49.2 Å². The van der Waals surface area contributed by atoms with Gasteiger partial charge in [0.2, 0.25) is 10.0 Å². The smallest absolute Gasteiger partial charge is 0.240 e. The summed E-state index contributed by atoms with van der Waals surface area (Å²) in [5.41, 5.74) is 15.3. The maximum atomic E-state index is 13.3. The van der Waals surface area contributed by atoms with Crippen LogP contribution in [-0.4, -0.2) is 15.5 Å². The third kappa shape index (κ3) is 8.61. The van der Waals surface area contributed by atoms with Crippen molar-refractivity contribution in [1.29, 1.82) is 0 Å². The van der Waals surface area contributed by atoms with Crippen molar-refractivity contribution < 1.29 is 8.42 Å². The number of sulfonamides is 1.